The third-order valence-electron chi connectivity index (χ3n) is 6.01. The van der Waals surface area contributed by atoms with Gasteiger partial charge in [0.2, 0.25) is 5.91 Å². The Morgan fingerprint density at radius 3 is 2.74 bits per heavy atom. The minimum absolute atomic E-state index is 0.0827. The quantitative estimate of drug-likeness (QED) is 0.278. The fourth-order valence-electron chi connectivity index (χ4n) is 4.46. The summed E-state index contributed by atoms with van der Waals surface area (Å²) in [5.74, 6) is -4.97. The standard InChI is InChI=1S/C23H24N2O9S/c1-3-33-23(31)16(15-5-4-12-8-32-7-6-14(12)15)19(27)24-17-20(28)25-18(22(29)30)13(9-34-11(2)26)10-35-21(17)25/h6-8,16-17,21H,3-5,9-10H2,1-2H3,(H,24,27)(H,29,30). The lowest BCUT2D eigenvalue weighted by Crippen LogP contribution is -2.71. The number of ether oxygens (including phenoxy) is 3. The van der Waals surface area contributed by atoms with E-state index >= 15 is 0 Å². The summed E-state index contributed by atoms with van der Waals surface area (Å²) in [4.78, 5) is 63.1. The van der Waals surface area contributed by atoms with E-state index < -0.39 is 47.1 Å². The summed E-state index contributed by atoms with van der Waals surface area (Å²) in [6, 6.07) is -1.01. The van der Waals surface area contributed by atoms with Crippen LogP contribution in [0.2, 0.25) is 0 Å². The Labute approximate surface area is 204 Å². The van der Waals surface area contributed by atoms with Crippen LogP contribution in [0, 0.1) is 5.92 Å². The number of carbonyl (C=O) groups is 5. The minimum atomic E-state index is -1.33. The van der Waals surface area contributed by atoms with Crippen molar-refractivity contribution in [3.63, 3.8) is 0 Å². The van der Waals surface area contributed by atoms with Gasteiger partial charge in [-0.3, -0.25) is 24.1 Å². The van der Waals surface area contributed by atoms with Crippen LogP contribution in [0.3, 0.4) is 0 Å². The minimum Gasteiger partial charge on any atom is -0.477 e. The molecular formula is C23H24N2O9S. The van der Waals surface area contributed by atoms with Crippen molar-refractivity contribution in [2.24, 2.45) is 5.92 Å². The third kappa shape index (κ3) is 4.57. The number of hydrogen-bond donors (Lipinski definition) is 2. The molecule has 3 atom stereocenters. The number of aliphatic carboxylic acids is 1. The van der Waals surface area contributed by atoms with Crippen LogP contribution in [0.5, 0.6) is 0 Å². The summed E-state index contributed by atoms with van der Waals surface area (Å²) in [6.07, 6.45) is 5.79. The molecule has 0 aromatic carbocycles. The van der Waals surface area contributed by atoms with Gasteiger partial charge in [-0.25, -0.2) is 4.79 Å². The van der Waals surface area contributed by atoms with Crippen LogP contribution in [0.25, 0.3) is 0 Å². The molecule has 0 bridgehead atoms. The molecular weight excluding hydrogens is 480 g/mol. The van der Waals surface area contributed by atoms with E-state index in [9.17, 15) is 29.1 Å². The first-order valence-corrected chi connectivity index (χ1v) is 12.0. The van der Waals surface area contributed by atoms with Gasteiger partial charge in [0.15, 0.2) is 5.92 Å². The summed E-state index contributed by atoms with van der Waals surface area (Å²) in [7, 11) is 0. The van der Waals surface area contributed by atoms with Gasteiger partial charge in [-0.2, -0.15) is 0 Å². The lowest BCUT2D eigenvalue weighted by atomic mass is 9.92. The number of esters is 2. The number of nitrogens with zero attached hydrogens (tertiary/aromatic N) is 1. The predicted octanol–water partition coefficient (Wildman–Crippen LogP) is 0.986. The third-order valence-corrected chi connectivity index (χ3v) is 7.35. The van der Waals surface area contributed by atoms with E-state index in [0.29, 0.717) is 24.0 Å². The maximum Gasteiger partial charge on any atom is 0.352 e. The molecule has 12 heteroatoms. The molecule has 3 unspecified atom stereocenters. The normalized spacial score (nSPS) is 23.4. The van der Waals surface area contributed by atoms with Gasteiger partial charge in [0.25, 0.3) is 5.91 Å². The Kier molecular flexibility index (Phi) is 7.01. The molecule has 11 nitrogen and oxygen atoms in total. The predicted molar refractivity (Wildman–Crippen MR) is 121 cm³/mol. The maximum atomic E-state index is 13.3. The Hall–Kier alpha value is -3.54. The average Bonchev–Trinajstić information content (AvgIpc) is 3.24. The van der Waals surface area contributed by atoms with Crippen LogP contribution in [0.1, 0.15) is 26.7 Å². The molecule has 0 aromatic heterocycles. The highest BCUT2D eigenvalue weighted by Gasteiger charge is 2.55. The van der Waals surface area contributed by atoms with Crippen molar-refractivity contribution < 1.29 is 43.3 Å². The Morgan fingerprint density at radius 2 is 2.06 bits per heavy atom. The number of rotatable bonds is 8. The van der Waals surface area contributed by atoms with E-state index in [2.05, 4.69) is 5.32 Å². The van der Waals surface area contributed by atoms with Gasteiger partial charge in [-0.05, 0) is 42.6 Å². The van der Waals surface area contributed by atoms with Crippen molar-refractivity contribution in [1.82, 2.24) is 10.2 Å². The van der Waals surface area contributed by atoms with Gasteiger partial charge < -0.3 is 24.6 Å². The number of amides is 2. The maximum absolute atomic E-state index is 13.3. The molecule has 4 rings (SSSR count). The number of carboxylic acids is 1. The molecule has 1 saturated heterocycles. The van der Waals surface area contributed by atoms with E-state index in [-0.39, 0.29) is 24.7 Å². The first-order chi connectivity index (χ1) is 16.7. The summed E-state index contributed by atoms with van der Waals surface area (Å²) in [5, 5.41) is 11.7. The Bertz CT molecular complexity index is 1120. The molecule has 4 aliphatic rings. The van der Waals surface area contributed by atoms with Crippen LogP contribution in [-0.4, -0.2) is 70.1 Å². The number of thioether (sulfide) groups is 1. The van der Waals surface area contributed by atoms with Gasteiger partial charge in [0.1, 0.15) is 23.7 Å². The highest BCUT2D eigenvalue weighted by molar-refractivity contribution is 8.00. The van der Waals surface area contributed by atoms with Crippen molar-refractivity contribution in [2.75, 3.05) is 19.0 Å². The number of carboxylic acid groups (broad SMARTS) is 1. The van der Waals surface area contributed by atoms with E-state index in [0.717, 1.165) is 16.0 Å². The van der Waals surface area contributed by atoms with Crippen molar-refractivity contribution in [1.29, 1.82) is 0 Å². The first-order valence-electron chi connectivity index (χ1n) is 11.0. The molecule has 2 N–H and O–H groups in total. The highest BCUT2D eigenvalue weighted by atomic mass is 32.2. The fourth-order valence-corrected chi connectivity index (χ4v) is 5.79. The number of β-lactam (4-membered cyclic amide) rings is 1. The van der Waals surface area contributed by atoms with Gasteiger partial charge in [0.05, 0.1) is 19.1 Å². The molecule has 0 saturated carbocycles. The summed E-state index contributed by atoms with van der Waals surface area (Å²) in [5.41, 5.74) is 2.23. The van der Waals surface area contributed by atoms with E-state index in [1.165, 1.54) is 24.9 Å². The number of carbonyl (C=O) groups excluding carboxylic acids is 4. The van der Waals surface area contributed by atoms with Crippen LogP contribution >= 0.6 is 11.8 Å². The first kappa shape index (κ1) is 24.6. The molecule has 2 amide bonds. The zero-order valence-electron chi connectivity index (χ0n) is 19.1. The topological polar surface area (TPSA) is 149 Å². The SMILES string of the molecule is CCOC(=O)C(C(=O)NC1C(=O)N2C(C(=O)O)=C(COC(C)=O)CSC12)C1=C2C=COC=C2CC1. The molecule has 0 radical (unpaired) electrons. The molecule has 0 spiro atoms. The Morgan fingerprint density at radius 1 is 1.29 bits per heavy atom. The summed E-state index contributed by atoms with van der Waals surface area (Å²) in [6.45, 7) is 2.68. The van der Waals surface area contributed by atoms with E-state index in [4.69, 9.17) is 14.2 Å². The second-order valence-electron chi connectivity index (χ2n) is 8.14. The number of hydrogen-bond acceptors (Lipinski definition) is 9. The van der Waals surface area contributed by atoms with Gasteiger partial charge >= 0.3 is 17.9 Å². The fraction of sp³-hybridized carbons (Fsp3) is 0.435. The molecule has 1 aliphatic carbocycles. The van der Waals surface area contributed by atoms with Crippen molar-refractivity contribution in [3.8, 4) is 0 Å². The zero-order chi connectivity index (χ0) is 25.3. The lowest BCUT2D eigenvalue weighted by Gasteiger charge is -2.49. The average molecular weight is 505 g/mol. The molecule has 1 fully saturated rings. The second kappa shape index (κ2) is 9.98. The monoisotopic (exact) mass is 504 g/mol. The van der Waals surface area contributed by atoms with Gasteiger partial charge in [-0.15, -0.1) is 11.8 Å². The molecule has 3 aliphatic heterocycles. The summed E-state index contributed by atoms with van der Waals surface area (Å²) < 4.78 is 15.3. The highest BCUT2D eigenvalue weighted by Crippen LogP contribution is 2.42. The second-order valence-corrected chi connectivity index (χ2v) is 9.24. The number of fused-ring (bicyclic) bond motifs is 2. The Balaban J connectivity index is 1.55. The number of allylic oxidation sites excluding steroid dienone is 3. The van der Waals surface area contributed by atoms with E-state index in [1.807, 2.05) is 0 Å². The van der Waals surface area contributed by atoms with Crippen LogP contribution in [0.15, 0.2) is 46.6 Å². The van der Waals surface area contributed by atoms with Gasteiger partial charge in [-0.1, -0.05) is 0 Å². The molecule has 0 aromatic rings. The van der Waals surface area contributed by atoms with Crippen LogP contribution in [0.4, 0.5) is 0 Å². The van der Waals surface area contributed by atoms with Crippen LogP contribution in [-0.2, 0) is 38.2 Å². The smallest absolute Gasteiger partial charge is 0.352 e. The largest absolute Gasteiger partial charge is 0.477 e. The molecule has 3 heterocycles. The van der Waals surface area contributed by atoms with Crippen molar-refractivity contribution in [2.45, 2.75) is 38.1 Å². The van der Waals surface area contributed by atoms with Gasteiger partial charge in [0, 0.05) is 18.2 Å². The summed E-state index contributed by atoms with van der Waals surface area (Å²) >= 11 is 1.24. The zero-order valence-corrected chi connectivity index (χ0v) is 19.9. The lowest BCUT2D eigenvalue weighted by molar-refractivity contribution is -0.155. The molecule has 35 heavy (non-hydrogen) atoms. The number of nitrogens with one attached hydrogen (secondary N) is 1. The van der Waals surface area contributed by atoms with E-state index in [1.54, 1.807) is 19.3 Å². The van der Waals surface area contributed by atoms with Crippen molar-refractivity contribution in [3.05, 3.63) is 46.6 Å². The van der Waals surface area contributed by atoms with Crippen molar-refractivity contribution >= 4 is 41.5 Å². The molecule has 186 valence electrons. The van der Waals surface area contributed by atoms with Crippen LogP contribution < -0.4 is 5.32 Å².